The van der Waals surface area contributed by atoms with Gasteiger partial charge < -0.3 is 4.74 Å². The van der Waals surface area contributed by atoms with Crippen LogP contribution in [0, 0.1) is 0 Å². The molecule has 0 aliphatic rings. The summed E-state index contributed by atoms with van der Waals surface area (Å²) in [5.41, 5.74) is 2.06. The lowest BCUT2D eigenvalue weighted by molar-refractivity contribution is -0.137. The number of carbonyl (C=O) groups excluding carboxylic acids is 1. The largest absolute Gasteiger partial charge is 0.497 e. The van der Waals surface area contributed by atoms with Gasteiger partial charge in [0, 0.05) is 5.56 Å². The number of hydrogen-bond acceptors (Lipinski definition) is 3. The van der Waals surface area contributed by atoms with Crippen LogP contribution in [0.1, 0.15) is 21.5 Å². The molecule has 0 saturated carbocycles. The Labute approximate surface area is 130 Å². The van der Waals surface area contributed by atoms with Crippen molar-refractivity contribution in [3.8, 4) is 5.75 Å². The zero-order valence-corrected chi connectivity index (χ0v) is 12.1. The molecule has 4 nitrogen and oxygen atoms in total. The second-order valence-corrected chi connectivity index (χ2v) is 4.55. The molecule has 7 heteroatoms. The third-order valence-electron chi connectivity index (χ3n) is 2.95. The second-order valence-electron chi connectivity index (χ2n) is 4.55. The minimum Gasteiger partial charge on any atom is -0.497 e. The molecule has 0 aromatic heterocycles. The Hall–Kier alpha value is -2.83. The molecule has 2 aromatic carbocycles. The number of alkyl halides is 3. The van der Waals surface area contributed by atoms with Crippen LogP contribution in [0.3, 0.4) is 0 Å². The van der Waals surface area contributed by atoms with Gasteiger partial charge in [0.2, 0.25) is 0 Å². The Kier molecular flexibility index (Phi) is 5.00. The number of ether oxygens (including phenoxy) is 1. The maximum Gasteiger partial charge on any atom is 0.416 e. The van der Waals surface area contributed by atoms with E-state index in [0.717, 1.165) is 18.3 Å². The monoisotopic (exact) mass is 322 g/mol. The Morgan fingerprint density at radius 3 is 2.48 bits per heavy atom. The molecule has 0 saturated heterocycles. The fourth-order valence-corrected chi connectivity index (χ4v) is 1.77. The summed E-state index contributed by atoms with van der Waals surface area (Å²) in [6.45, 7) is 0. The molecule has 0 fully saturated rings. The maximum absolute atomic E-state index is 12.6. The molecule has 0 heterocycles. The quantitative estimate of drug-likeness (QED) is 0.692. The van der Waals surface area contributed by atoms with Crippen molar-refractivity contribution < 1.29 is 22.7 Å². The number of halogens is 3. The van der Waals surface area contributed by atoms with Gasteiger partial charge in [0.15, 0.2) is 0 Å². The lowest BCUT2D eigenvalue weighted by Gasteiger charge is -2.06. The molecule has 2 aromatic rings. The van der Waals surface area contributed by atoms with Crippen molar-refractivity contribution >= 4 is 12.1 Å². The van der Waals surface area contributed by atoms with Crippen LogP contribution in [0.4, 0.5) is 13.2 Å². The third kappa shape index (κ3) is 4.57. The summed E-state index contributed by atoms with van der Waals surface area (Å²) >= 11 is 0. The van der Waals surface area contributed by atoms with Crippen molar-refractivity contribution in [2.24, 2.45) is 5.10 Å². The average molecular weight is 322 g/mol. The molecule has 0 atom stereocenters. The Morgan fingerprint density at radius 2 is 1.87 bits per heavy atom. The summed E-state index contributed by atoms with van der Waals surface area (Å²) in [4.78, 5) is 11.8. The zero-order valence-electron chi connectivity index (χ0n) is 12.1. The number of benzene rings is 2. The highest BCUT2D eigenvalue weighted by Crippen LogP contribution is 2.29. The number of nitrogens with zero attached hydrogens (tertiary/aromatic N) is 1. The summed E-state index contributed by atoms with van der Waals surface area (Å²) in [5.74, 6) is 0.130. The van der Waals surface area contributed by atoms with Crippen LogP contribution in [0.5, 0.6) is 5.75 Å². The Morgan fingerprint density at radius 1 is 1.17 bits per heavy atom. The van der Waals surface area contributed by atoms with Gasteiger partial charge in [-0.15, -0.1) is 0 Å². The summed E-state index contributed by atoms with van der Waals surface area (Å²) in [7, 11) is 1.51. The van der Waals surface area contributed by atoms with Crippen molar-refractivity contribution in [3.05, 3.63) is 65.2 Å². The van der Waals surface area contributed by atoms with Crippen molar-refractivity contribution in [2.45, 2.75) is 6.18 Å². The van der Waals surface area contributed by atoms with Crippen LogP contribution >= 0.6 is 0 Å². The fourth-order valence-electron chi connectivity index (χ4n) is 1.77. The zero-order chi connectivity index (χ0) is 16.9. The minimum absolute atomic E-state index is 0.231. The molecule has 0 radical (unpaired) electrons. The highest BCUT2D eigenvalue weighted by Gasteiger charge is 2.30. The standard InChI is InChI=1S/C16H13F3N2O2/c1-23-14-7-5-12(6-8-14)15(22)21-20-10-11-3-2-4-13(9-11)16(17,18)19/h2-10H,1H3,(H,21,22)/b20-10-. The minimum atomic E-state index is -4.42. The molecule has 0 aliphatic carbocycles. The number of amides is 1. The predicted molar refractivity (Wildman–Crippen MR) is 79.5 cm³/mol. The van der Waals surface area contributed by atoms with Gasteiger partial charge in [0.1, 0.15) is 5.75 Å². The van der Waals surface area contributed by atoms with E-state index in [9.17, 15) is 18.0 Å². The van der Waals surface area contributed by atoms with E-state index >= 15 is 0 Å². The van der Waals surface area contributed by atoms with Gasteiger partial charge in [-0.3, -0.25) is 4.79 Å². The van der Waals surface area contributed by atoms with Crippen LogP contribution in [-0.4, -0.2) is 19.2 Å². The summed E-state index contributed by atoms with van der Waals surface area (Å²) in [6.07, 6.45) is -3.27. The Balaban J connectivity index is 2.02. The molecule has 0 spiro atoms. The van der Waals surface area contributed by atoms with Crippen molar-refractivity contribution in [1.29, 1.82) is 0 Å². The van der Waals surface area contributed by atoms with E-state index in [-0.39, 0.29) is 5.56 Å². The first-order chi connectivity index (χ1) is 10.9. The van der Waals surface area contributed by atoms with E-state index in [4.69, 9.17) is 4.74 Å². The van der Waals surface area contributed by atoms with Crippen LogP contribution in [0.25, 0.3) is 0 Å². The first-order valence-corrected chi connectivity index (χ1v) is 6.55. The molecule has 23 heavy (non-hydrogen) atoms. The van der Waals surface area contributed by atoms with E-state index in [1.165, 1.54) is 19.2 Å². The SMILES string of the molecule is COc1ccc(C(=O)N/N=C\c2cccc(C(F)(F)F)c2)cc1. The molecule has 2 rings (SSSR count). The molecule has 1 N–H and O–H groups in total. The van der Waals surface area contributed by atoms with Crippen LogP contribution in [-0.2, 0) is 6.18 Å². The van der Waals surface area contributed by atoms with Crippen molar-refractivity contribution in [3.63, 3.8) is 0 Å². The van der Waals surface area contributed by atoms with E-state index in [1.807, 2.05) is 0 Å². The first-order valence-electron chi connectivity index (χ1n) is 6.55. The lowest BCUT2D eigenvalue weighted by Crippen LogP contribution is -2.17. The number of rotatable bonds is 4. The van der Waals surface area contributed by atoms with Crippen molar-refractivity contribution in [2.75, 3.05) is 7.11 Å². The molecule has 120 valence electrons. The highest BCUT2D eigenvalue weighted by molar-refractivity contribution is 5.95. The van der Waals surface area contributed by atoms with Crippen molar-refractivity contribution in [1.82, 2.24) is 5.43 Å². The maximum atomic E-state index is 12.6. The van der Waals surface area contributed by atoms with Crippen LogP contribution < -0.4 is 10.2 Å². The molecule has 0 unspecified atom stereocenters. The highest BCUT2D eigenvalue weighted by atomic mass is 19.4. The van der Waals surface area contributed by atoms with Gasteiger partial charge in [-0.05, 0) is 42.0 Å². The van der Waals surface area contributed by atoms with Crippen LogP contribution in [0.15, 0.2) is 53.6 Å². The summed E-state index contributed by atoms with van der Waals surface area (Å²) < 4.78 is 42.7. The van der Waals surface area contributed by atoms with Gasteiger partial charge in [0.05, 0.1) is 18.9 Å². The molecular formula is C16H13F3N2O2. The van der Waals surface area contributed by atoms with Crippen LogP contribution in [0.2, 0.25) is 0 Å². The van der Waals surface area contributed by atoms with E-state index < -0.39 is 17.6 Å². The normalized spacial score (nSPS) is 11.5. The number of carbonyl (C=O) groups is 1. The summed E-state index contributed by atoms with van der Waals surface area (Å²) in [5, 5.41) is 3.66. The van der Waals surface area contributed by atoms with Gasteiger partial charge in [-0.2, -0.15) is 18.3 Å². The molecule has 0 aliphatic heterocycles. The first kappa shape index (κ1) is 16.5. The van der Waals surface area contributed by atoms with E-state index in [0.29, 0.717) is 11.3 Å². The van der Waals surface area contributed by atoms with Gasteiger partial charge in [0.25, 0.3) is 5.91 Å². The number of hydrogen-bond donors (Lipinski definition) is 1. The smallest absolute Gasteiger partial charge is 0.416 e. The van der Waals surface area contributed by atoms with Gasteiger partial charge in [-0.25, -0.2) is 5.43 Å². The number of nitrogens with one attached hydrogen (secondary N) is 1. The lowest BCUT2D eigenvalue weighted by atomic mass is 10.1. The molecule has 1 amide bonds. The van der Waals surface area contributed by atoms with Gasteiger partial charge >= 0.3 is 6.18 Å². The predicted octanol–water partition coefficient (Wildman–Crippen LogP) is 3.48. The summed E-state index contributed by atoms with van der Waals surface area (Å²) in [6, 6.07) is 11.0. The van der Waals surface area contributed by atoms with E-state index in [2.05, 4.69) is 10.5 Å². The van der Waals surface area contributed by atoms with Gasteiger partial charge in [-0.1, -0.05) is 12.1 Å². The number of hydrazone groups is 1. The fraction of sp³-hybridized carbons (Fsp3) is 0.125. The molecular weight excluding hydrogens is 309 g/mol. The average Bonchev–Trinajstić information content (AvgIpc) is 2.54. The third-order valence-corrected chi connectivity index (χ3v) is 2.95. The Bertz CT molecular complexity index is 710. The number of methoxy groups -OCH3 is 1. The molecule has 0 bridgehead atoms. The second kappa shape index (κ2) is 6.95. The topological polar surface area (TPSA) is 50.7 Å². The van der Waals surface area contributed by atoms with E-state index in [1.54, 1.807) is 24.3 Å².